The van der Waals surface area contributed by atoms with Crippen LogP contribution >= 0.6 is 22.9 Å². The Kier molecular flexibility index (Phi) is 6.63. The quantitative estimate of drug-likeness (QED) is 0.709. The summed E-state index contributed by atoms with van der Waals surface area (Å²) in [6, 6.07) is 8.96. The molecule has 1 saturated heterocycles. The van der Waals surface area contributed by atoms with Gasteiger partial charge in [0.1, 0.15) is 6.04 Å². The molecule has 1 aromatic heterocycles. The van der Waals surface area contributed by atoms with Crippen LogP contribution in [0.15, 0.2) is 30.3 Å². The number of benzene rings is 1. The monoisotopic (exact) mass is 409 g/mol. The Hall–Kier alpha value is -1.76. The van der Waals surface area contributed by atoms with Crippen molar-refractivity contribution in [1.82, 2.24) is 4.90 Å². The van der Waals surface area contributed by atoms with E-state index in [9.17, 15) is 9.90 Å². The molecule has 1 fully saturated rings. The molecule has 1 aliphatic heterocycles. The predicted octanol–water partition coefficient (Wildman–Crippen LogP) is 4.84. The summed E-state index contributed by atoms with van der Waals surface area (Å²) < 4.78 is 11.8. The highest BCUT2D eigenvalue weighted by molar-refractivity contribution is 7.16. The van der Waals surface area contributed by atoms with E-state index in [1.54, 1.807) is 7.11 Å². The second-order valence-electron chi connectivity index (χ2n) is 6.48. The molecule has 0 spiro atoms. The van der Waals surface area contributed by atoms with E-state index in [4.69, 9.17) is 21.1 Å². The molecule has 3 rings (SSSR count). The summed E-state index contributed by atoms with van der Waals surface area (Å²) >= 11 is 7.68. The number of carboxylic acid groups (broad SMARTS) is 1. The van der Waals surface area contributed by atoms with Crippen molar-refractivity contribution < 1.29 is 19.4 Å². The molecular weight excluding hydrogens is 386 g/mol. The molecule has 2 aromatic rings. The lowest BCUT2D eigenvalue weighted by Crippen LogP contribution is -2.46. The summed E-state index contributed by atoms with van der Waals surface area (Å²) in [7, 11) is 1.61. The number of thiophene rings is 1. The van der Waals surface area contributed by atoms with Crippen LogP contribution in [0.3, 0.4) is 0 Å². The fourth-order valence-electron chi connectivity index (χ4n) is 3.65. The predicted molar refractivity (Wildman–Crippen MR) is 107 cm³/mol. The van der Waals surface area contributed by atoms with E-state index in [1.807, 2.05) is 37.3 Å². The molecule has 0 radical (unpaired) electrons. The van der Waals surface area contributed by atoms with Crippen molar-refractivity contribution in [2.75, 3.05) is 20.3 Å². The smallest absolute Gasteiger partial charge is 0.320 e. The third-order valence-corrected chi connectivity index (χ3v) is 6.11. The van der Waals surface area contributed by atoms with Crippen LogP contribution in [0.25, 0.3) is 0 Å². The third-order valence-electron chi connectivity index (χ3n) is 4.83. The fraction of sp³-hybridized carbons (Fsp3) is 0.450. The summed E-state index contributed by atoms with van der Waals surface area (Å²) in [5, 5.41) is 9.77. The first-order valence-corrected chi connectivity index (χ1v) is 10.3. The fourth-order valence-corrected chi connectivity index (χ4v) is 4.86. The molecule has 146 valence electrons. The number of nitrogens with zero attached hydrogens (tertiary/aromatic N) is 1. The van der Waals surface area contributed by atoms with Crippen LogP contribution in [0.5, 0.6) is 11.5 Å². The van der Waals surface area contributed by atoms with Gasteiger partial charge in [0.25, 0.3) is 0 Å². The maximum absolute atomic E-state index is 11.9. The highest BCUT2D eigenvalue weighted by Crippen LogP contribution is 2.41. The second kappa shape index (κ2) is 8.95. The van der Waals surface area contributed by atoms with Crippen molar-refractivity contribution in [2.45, 2.75) is 38.3 Å². The Morgan fingerprint density at radius 3 is 2.78 bits per heavy atom. The van der Waals surface area contributed by atoms with Gasteiger partial charge in [-0.2, -0.15) is 0 Å². The summed E-state index contributed by atoms with van der Waals surface area (Å²) in [5.41, 5.74) is 0.978. The van der Waals surface area contributed by atoms with Crippen LogP contribution in [-0.4, -0.2) is 42.3 Å². The van der Waals surface area contributed by atoms with Gasteiger partial charge in [-0.1, -0.05) is 24.1 Å². The highest BCUT2D eigenvalue weighted by atomic mass is 35.5. The molecule has 1 aromatic carbocycles. The molecule has 2 heterocycles. The number of aliphatic carboxylic acids is 1. The van der Waals surface area contributed by atoms with Gasteiger partial charge < -0.3 is 14.6 Å². The van der Waals surface area contributed by atoms with Crippen LogP contribution in [0.4, 0.5) is 0 Å². The van der Waals surface area contributed by atoms with Gasteiger partial charge in [0.2, 0.25) is 0 Å². The zero-order valence-corrected chi connectivity index (χ0v) is 17.1. The number of carbonyl (C=O) groups is 1. The van der Waals surface area contributed by atoms with Crippen molar-refractivity contribution in [1.29, 1.82) is 0 Å². The van der Waals surface area contributed by atoms with Crippen LogP contribution < -0.4 is 9.47 Å². The third kappa shape index (κ3) is 4.39. The zero-order chi connectivity index (χ0) is 19.4. The first-order valence-electron chi connectivity index (χ1n) is 9.09. The highest BCUT2D eigenvalue weighted by Gasteiger charge is 2.36. The number of rotatable bonds is 7. The van der Waals surface area contributed by atoms with Gasteiger partial charge in [-0.05, 0) is 56.1 Å². The lowest BCUT2D eigenvalue weighted by molar-refractivity contribution is -0.145. The average Bonchev–Trinajstić information content (AvgIpc) is 3.08. The van der Waals surface area contributed by atoms with E-state index < -0.39 is 12.0 Å². The first kappa shape index (κ1) is 20.0. The van der Waals surface area contributed by atoms with Crippen molar-refractivity contribution in [3.05, 3.63) is 45.1 Å². The number of carboxylic acids is 1. The normalized spacial score (nSPS) is 18.9. The lowest BCUT2D eigenvalue weighted by atomic mass is 9.95. The van der Waals surface area contributed by atoms with Gasteiger partial charge in [0.15, 0.2) is 11.5 Å². The van der Waals surface area contributed by atoms with E-state index in [0.29, 0.717) is 28.9 Å². The molecular formula is C20H24ClNO4S. The summed E-state index contributed by atoms with van der Waals surface area (Å²) in [4.78, 5) is 15.0. The Balaban J connectivity index is 2.07. The maximum atomic E-state index is 11.9. The molecule has 0 aliphatic carbocycles. The molecule has 0 saturated carbocycles. The number of likely N-dealkylation sites (tertiary alicyclic amines) is 1. The minimum absolute atomic E-state index is 0.186. The Bertz CT molecular complexity index is 794. The number of methoxy groups -OCH3 is 1. The van der Waals surface area contributed by atoms with E-state index >= 15 is 0 Å². The Morgan fingerprint density at radius 2 is 2.15 bits per heavy atom. The SMILES string of the molecule is CCOc1cc(C(c2ccc(Cl)s2)N2CCCCC2C(=O)O)ccc1OC. The summed E-state index contributed by atoms with van der Waals surface area (Å²) in [6.45, 7) is 3.18. The summed E-state index contributed by atoms with van der Waals surface area (Å²) in [6.07, 6.45) is 2.56. The number of ether oxygens (including phenoxy) is 2. The Labute approximate surface area is 168 Å². The van der Waals surface area contributed by atoms with E-state index in [0.717, 1.165) is 29.8 Å². The molecule has 2 unspecified atom stereocenters. The number of halogens is 1. The maximum Gasteiger partial charge on any atom is 0.320 e. The van der Waals surface area contributed by atoms with E-state index in [1.165, 1.54) is 11.3 Å². The minimum Gasteiger partial charge on any atom is -0.493 e. The van der Waals surface area contributed by atoms with Gasteiger partial charge in [0, 0.05) is 4.88 Å². The van der Waals surface area contributed by atoms with Gasteiger partial charge in [-0.3, -0.25) is 9.69 Å². The first-order chi connectivity index (χ1) is 13.0. The second-order valence-corrected chi connectivity index (χ2v) is 8.22. The topological polar surface area (TPSA) is 59.0 Å². The largest absolute Gasteiger partial charge is 0.493 e. The van der Waals surface area contributed by atoms with Crippen molar-refractivity contribution in [3.8, 4) is 11.5 Å². The standard InChI is InChI=1S/C20H24ClNO4S/c1-3-26-16-12-13(7-8-15(16)25-2)19(17-9-10-18(21)27-17)22-11-5-4-6-14(22)20(23)24/h7-10,12,14,19H,3-6,11H2,1-2H3,(H,23,24). The van der Waals surface area contributed by atoms with E-state index in [2.05, 4.69) is 4.90 Å². The van der Waals surface area contributed by atoms with Crippen LogP contribution in [0, 0.1) is 0 Å². The van der Waals surface area contributed by atoms with E-state index in [-0.39, 0.29) is 6.04 Å². The van der Waals surface area contributed by atoms with Crippen molar-refractivity contribution >= 4 is 28.9 Å². The van der Waals surface area contributed by atoms with Crippen molar-refractivity contribution in [2.24, 2.45) is 0 Å². The molecule has 1 N–H and O–H groups in total. The van der Waals surface area contributed by atoms with Crippen LogP contribution in [0.1, 0.15) is 42.7 Å². The van der Waals surface area contributed by atoms with Gasteiger partial charge in [-0.25, -0.2) is 0 Å². The van der Waals surface area contributed by atoms with Crippen LogP contribution in [-0.2, 0) is 4.79 Å². The molecule has 1 aliphatic rings. The Morgan fingerprint density at radius 1 is 1.33 bits per heavy atom. The average molecular weight is 410 g/mol. The number of hydrogen-bond donors (Lipinski definition) is 1. The zero-order valence-electron chi connectivity index (χ0n) is 15.5. The molecule has 2 atom stereocenters. The van der Waals surface area contributed by atoms with Crippen molar-refractivity contribution in [3.63, 3.8) is 0 Å². The molecule has 0 bridgehead atoms. The number of piperidine rings is 1. The molecule has 7 heteroatoms. The van der Waals surface area contributed by atoms with Crippen LogP contribution in [0.2, 0.25) is 4.34 Å². The molecule has 27 heavy (non-hydrogen) atoms. The minimum atomic E-state index is -0.777. The summed E-state index contributed by atoms with van der Waals surface area (Å²) in [5.74, 6) is 0.548. The van der Waals surface area contributed by atoms with Gasteiger partial charge in [-0.15, -0.1) is 11.3 Å². The van der Waals surface area contributed by atoms with Gasteiger partial charge in [0.05, 0.1) is 24.1 Å². The molecule has 0 amide bonds. The molecule has 5 nitrogen and oxygen atoms in total. The lowest BCUT2D eigenvalue weighted by Gasteiger charge is -2.39. The van der Waals surface area contributed by atoms with Gasteiger partial charge >= 0.3 is 5.97 Å². The number of hydrogen-bond acceptors (Lipinski definition) is 5.